The molecule has 0 aromatic rings. The van der Waals surface area contributed by atoms with Crippen LogP contribution in [0.1, 0.15) is 156 Å². The van der Waals surface area contributed by atoms with Crippen LogP contribution in [0.2, 0.25) is 0 Å². The van der Waals surface area contributed by atoms with Gasteiger partial charge in [0.2, 0.25) is 0 Å². The maximum absolute atomic E-state index is 13.5. The molecule has 19 heteroatoms. The van der Waals surface area contributed by atoms with E-state index in [9.17, 15) is 30.3 Å². The molecule has 0 aromatic carbocycles. The van der Waals surface area contributed by atoms with E-state index in [4.69, 9.17) is 56.8 Å². The van der Waals surface area contributed by atoms with Crippen molar-refractivity contribution >= 4 is 28.6 Å². The summed E-state index contributed by atoms with van der Waals surface area (Å²) in [4.78, 5) is 13.5. The highest BCUT2D eigenvalue weighted by atomic mass is 127. The lowest BCUT2D eigenvalue weighted by Gasteiger charge is -2.50. The molecule has 11 heterocycles. The van der Waals surface area contributed by atoms with Gasteiger partial charge in [0.05, 0.1) is 146 Å². The second-order valence-corrected chi connectivity index (χ2v) is 27.0. The summed E-state index contributed by atoms with van der Waals surface area (Å²) in [7, 11) is 0. The molecule has 28 atom stereocenters. The number of esters is 1. The van der Waals surface area contributed by atoms with Crippen molar-refractivity contribution < 1.29 is 87.2 Å². The fraction of sp³-hybridized carbons (Fsp3) is 0.915. The fourth-order valence-electron chi connectivity index (χ4n) is 15.5. The summed E-state index contributed by atoms with van der Waals surface area (Å²) in [5.41, 5.74) is 2.35. The number of fused-ring (bicyclic) bond motifs is 4. The SMILES string of the molecule is C=C1C[C@H](CC[C@@H]2C[C@@H](O)C([C@@H]3O[C@H]4CC[C@H](CC(=O)O[C@H]5CO[C@H]6C[C@H]7O[C@@H](C[C@@H]8O[C@@]9(CC[C@@H]8O)C[C@H](C)[C@@H]8O[C@H](CC[C@@H](O)CO)C[C@@H]8O9)CC7OC6C5)O[C@@H]4[C@H](O)[C@@H]3I)O2)O[C@H]1CC[C@H]1C[C@@H](C)C(=C)[C@@H](CC)O1. The molecule has 5 N–H and O–H groups in total. The molecule has 11 aliphatic heterocycles. The van der Waals surface area contributed by atoms with E-state index in [-0.39, 0.29) is 111 Å². The topological polar surface area (TPSA) is 229 Å². The van der Waals surface area contributed by atoms with Crippen LogP contribution in [0, 0.1) is 11.8 Å². The van der Waals surface area contributed by atoms with Crippen LogP contribution in [0.4, 0.5) is 0 Å². The molecule has 3 unspecified atom stereocenters. The fourth-order valence-corrected chi connectivity index (χ4v) is 16.4. The minimum atomic E-state index is -0.885. The van der Waals surface area contributed by atoms with E-state index in [0.29, 0.717) is 89.4 Å². The van der Waals surface area contributed by atoms with Crippen LogP contribution in [-0.2, 0) is 61.6 Å². The number of alkyl halides is 1. The summed E-state index contributed by atoms with van der Waals surface area (Å²) < 4.78 is 77.4. The predicted octanol–water partition coefficient (Wildman–Crippen LogP) is 5.77. The summed E-state index contributed by atoms with van der Waals surface area (Å²) in [6, 6.07) is 0. The second-order valence-electron chi connectivity index (χ2n) is 25.6. The van der Waals surface area contributed by atoms with E-state index in [1.54, 1.807) is 0 Å². The number of aliphatic hydroxyl groups excluding tert-OH is 5. The smallest absolute Gasteiger partial charge is 0.308 e. The van der Waals surface area contributed by atoms with Gasteiger partial charge >= 0.3 is 5.97 Å². The molecule has 0 amide bonds. The number of aliphatic hydroxyl groups is 5. The molecule has 18 nitrogen and oxygen atoms in total. The van der Waals surface area contributed by atoms with E-state index in [1.807, 2.05) is 0 Å². The zero-order valence-corrected chi connectivity index (χ0v) is 48.3. The number of hydrogen-bond acceptors (Lipinski definition) is 18. The monoisotopic (exact) mass is 1210 g/mol. The highest BCUT2D eigenvalue weighted by molar-refractivity contribution is 14.1. The van der Waals surface area contributed by atoms with Gasteiger partial charge in [-0.15, -0.1) is 0 Å². The van der Waals surface area contributed by atoms with E-state index in [1.165, 1.54) is 5.57 Å². The first kappa shape index (κ1) is 58.8. The third-order valence-electron chi connectivity index (χ3n) is 19.7. The lowest BCUT2D eigenvalue weighted by atomic mass is 9.83. The van der Waals surface area contributed by atoms with Crippen LogP contribution in [0.3, 0.4) is 0 Å². The minimum absolute atomic E-state index is 0.0255. The maximum atomic E-state index is 13.5. The van der Waals surface area contributed by atoms with E-state index < -0.39 is 76.9 Å². The van der Waals surface area contributed by atoms with Crippen LogP contribution in [0.25, 0.3) is 0 Å². The molecule has 11 fully saturated rings. The Morgan fingerprint density at radius 3 is 2.23 bits per heavy atom. The number of carbonyl (C=O) groups excluding carboxylic acids is 1. The van der Waals surface area contributed by atoms with Gasteiger partial charge < -0.3 is 82.4 Å². The van der Waals surface area contributed by atoms with Crippen LogP contribution < -0.4 is 0 Å². The molecule has 78 heavy (non-hydrogen) atoms. The number of ether oxygens (including phenoxy) is 12. The lowest BCUT2D eigenvalue weighted by molar-refractivity contribution is -0.346. The number of rotatable bonds is 17. The van der Waals surface area contributed by atoms with Gasteiger partial charge in [-0.1, -0.05) is 56.5 Å². The molecular formula is C59H91IO18. The van der Waals surface area contributed by atoms with Gasteiger partial charge in [0.1, 0.15) is 24.4 Å². The Hall–Kier alpha value is -0.960. The van der Waals surface area contributed by atoms with Crippen molar-refractivity contribution in [3.63, 3.8) is 0 Å². The molecular weight excluding hydrogens is 1120 g/mol. The maximum Gasteiger partial charge on any atom is 0.308 e. The van der Waals surface area contributed by atoms with Crippen LogP contribution in [0.15, 0.2) is 24.3 Å². The summed E-state index contributed by atoms with van der Waals surface area (Å²) in [6.07, 6.45) is 6.43. The first-order valence-corrected chi connectivity index (χ1v) is 31.5. The van der Waals surface area contributed by atoms with Crippen molar-refractivity contribution in [2.24, 2.45) is 11.8 Å². The molecule has 11 aliphatic rings. The Morgan fingerprint density at radius 2 is 1.41 bits per heavy atom. The van der Waals surface area contributed by atoms with Gasteiger partial charge in [-0.2, -0.15) is 0 Å². The molecule has 0 radical (unpaired) electrons. The summed E-state index contributed by atoms with van der Waals surface area (Å²) in [6.45, 7) is 15.2. The Bertz CT molecular complexity index is 2050. The second kappa shape index (κ2) is 25.3. The average Bonchev–Trinajstić information content (AvgIpc) is 4.30. The standard InChI is InChI=1S/C59H91IO18/c1-6-43-32(5)29(2)17-35(68-43)11-13-44-30(3)18-34(69-44)9-10-36-19-42(64)56(73-36)58-53(60)54(66)57-45(76-58)14-12-38(74-57)24-52(65)71-40-23-48-47(67-28-40)25-50-49(75-48)22-39(70-50)21-46-41(63)15-16-59(77-46)26-31(4)55-51(78-59)20-37(72-55)8-7-33(62)27-61/h29,31,33-51,53-58,61-64,66H,3,5-28H2,1-2,4H3/t29-,31+,33-,34+,35+,36-,37-,38-,39+,40-,41+,42-,43-,44+,45+,46+,47+,48?,49?,50-,51+,53+,54-,55+,56?,57+,58-,59-/m1/s1. The quantitative estimate of drug-likeness (QED) is 0.0504. The predicted molar refractivity (Wildman–Crippen MR) is 290 cm³/mol. The van der Waals surface area contributed by atoms with Crippen molar-refractivity contribution in [2.45, 2.75) is 312 Å². The molecule has 0 aliphatic carbocycles. The molecule has 0 bridgehead atoms. The lowest BCUT2D eigenvalue weighted by Crippen LogP contribution is -2.62. The third kappa shape index (κ3) is 13.1. The zero-order chi connectivity index (χ0) is 54.6. The van der Waals surface area contributed by atoms with Gasteiger partial charge in [-0.3, -0.25) is 4.79 Å². The van der Waals surface area contributed by atoms with Gasteiger partial charge in [0.25, 0.3) is 0 Å². The van der Waals surface area contributed by atoms with Crippen molar-refractivity contribution in [3.8, 4) is 0 Å². The zero-order valence-electron chi connectivity index (χ0n) is 46.2. The first-order valence-electron chi connectivity index (χ1n) is 30.2. The molecule has 11 rings (SSSR count). The molecule has 0 aromatic heterocycles. The summed E-state index contributed by atoms with van der Waals surface area (Å²) in [5.74, 6) is -0.536. The molecule has 0 saturated carbocycles. The van der Waals surface area contributed by atoms with Gasteiger partial charge in [-0.05, 0) is 100 Å². The minimum Gasteiger partial charge on any atom is -0.460 e. The van der Waals surface area contributed by atoms with Crippen molar-refractivity contribution in [3.05, 3.63) is 24.3 Å². The van der Waals surface area contributed by atoms with E-state index >= 15 is 0 Å². The summed E-state index contributed by atoms with van der Waals surface area (Å²) >= 11 is 2.20. The highest BCUT2D eigenvalue weighted by Gasteiger charge is 2.57. The number of carbonyl (C=O) groups is 1. The van der Waals surface area contributed by atoms with Crippen LogP contribution in [0.5, 0.6) is 0 Å². The Balaban J connectivity index is 0.589. The van der Waals surface area contributed by atoms with Crippen LogP contribution >= 0.6 is 22.6 Å². The van der Waals surface area contributed by atoms with E-state index in [0.717, 1.165) is 50.5 Å². The Kier molecular flexibility index (Phi) is 19.1. The van der Waals surface area contributed by atoms with Crippen molar-refractivity contribution in [1.29, 1.82) is 0 Å². The molecule has 1 spiro atoms. The van der Waals surface area contributed by atoms with Gasteiger partial charge in [0.15, 0.2) is 5.79 Å². The number of hydrogen-bond donors (Lipinski definition) is 5. The van der Waals surface area contributed by atoms with Crippen molar-refractivity contribution in [1.82, 2.24) is 0 Å². The molecule has 442 valence electrons. The Labute approximate surface area is 474 Å². The third-order valence-corrected chi connectivity index (χ3v) is 21.2. The number of halogens is 1. The van der Waals surface area contributed by atoms with Gasteiger partial charge in [0, 0.05) is 51.4 Å². The largest absolute Gasteiger partial charge is 0.460 e. The normalized spacial score (nSPS) is 49.8. The molecule has 11 saturated heterocycles. The average molecular weight is 1220 g/mol. The highest BCUT2D eigenvalue weighted by Crippen LogP contribution is 2.49. The first-order chi connectivity index (χ1) is 37.5. The van der Waals surface area contributed by atoms with Crippen molar-refractivity contribution in [2.75, 3.05) is 13.2 Å². The van der Waals surface area contributed by atoms with E-state index in [2.05, 4.69) is 56.5 Å². The Morgan fingerprint density at radius 1 is 0.692 bits per heavy atom. The van der Waals surface area contributed by atoms with Crippen LogP contribution in [-0.4, -0.2) is 201 Å². The summed E-state index contributed by atoms with van der Waals surface area (Å²) in [5, 5.41) is 53.4. The van der Waals surface area contributed by atoms with Gasteiger partial charge in [-0.25, -0.2) is 0 Å².